The Morgan fingerprint density at radius 1 is 0.889 bits per heavy atom. The average Bonchev–Trinajstić information content (AvgIpc) is 2.46. The van der Waals surface area contributed by atoms with Crippen LogP contribution in [0.1, 0.15) is 11.1 Å². The largest absolute Gasteiger partial charge is 0.497 e. The van der Waals surface area contributed by atoms with E-state index in [4.69, 9.17) is 9.47 Å². The molecule has 0 aliphatic carbocycles. The number of rotatable bonds is 4. The first-order valence-corrected chi connectivity index (χ1v) is 5.78. The molecule has 2 heteroatoms. The molecule has 0 atom stereocenters. The van der Waals surface area contributed by atoms with E-state index in [0.29, 0.717) is 0 Å². The Kier molecular flexibility index (Phi) is 4.02. The van der Waals surface area contributed by atoms with Gasteiger partial charge < -0.3 is 9.47 Å². The quantitative estimate of drug-likeness (QED) is 0.597. The topological polar surface area (TPSA) is 18.5 Å². The van der Waals surface area contributed by atoms with Crippen molar-refractivity contribution in [3.05, 3.63) is 65.7 Å². The maximum absolute atomic E-state index is 5.43. The molecule has 0 unspecified atom stereocenters. The summed E-state index contributed by atoms with van der Waals surface area (Å²) in [4.78, 5) is 0. The third-order valence-electron chi connectivity index (χ3n) is 2.69. The van der Waals surface area contributed by atoms with Crippen molar-refractivity contribution in [2.45, 2.75) is 0 Å². The molecule has 2 aromatic carbocycles. The summed E-state index contributed by atoms with van der Waals surface area (Å²) in [5, 5.41) is 0. The molecule has 0 amide bonds. The third-order valence-corrected chi connectivity index (χ3v) is 2.69. The Hall–Kier alpha value is -2.22. The van der Waals surface area contributed by atoms with Gasteiger partial charge in [-0.05, 0) is 35.9 Å². The lowest BCUT2D eigenvalue weighted by atomic mass is 10.1. The second kappa shape index (κ2) is 5.92. The molecule has 2 nitrogen and oxygen atoms in total. The van der Waals surface area contributed by atoms with Crippen molar-refractivity contribution in [2.24, 2.45) is 0 Å². The van der Waals surface area contributed by atoms with Gasteiger partial charge in [-0.15, -0.1) is 0 Å². The predicted octanol–water partition coefficient (Wildman–Crippen LogP) is 3.84. The first-order chi connectivity index (χ1) is 8.83. The van der Waals surface area contributed by atoms with Gasteiger partial charge in [-0.3, -0.25) is 0 Å². The van der Waals surface area contributed by atoms with Crippen LogP contribution >= 0.6 is 0 Å². The highest BCUT2D eigenvalue weighted by atomic mass is 16.5. The fourth-order valence-electron chi connectivity index (χ4n) is 1.72. The molecule has 0 saturated heterocycles. The molecule has 0 aliphatic rings. The lowest BCUT2D eigenvalue weighted by Gasteiger charge is -2.07. The first kappa shape index (κ1) is 12.2. The van der Waals surface area contributed by atoms with Crippen molar-refractivity contribution < 1.29 is 9.47 Å². The van der Waals surface area contributed by atoms with E-state index in [-0.39, 0.29) is 0 Å². The first-order valence-electron chi connectivity index (χ1n) is 5.78. The van der Waals surface area contributed by atoms with Gasteiger partial charge in [0.1, 0.15) is 11.5 Å². The van der Waals surface area contributed by atoms with Gasteiger partial charge in [-0.1, -0.05) is 30.3 Å². The molecule has 0 fully saturated rings. The van der Waals surface area contributed by atoms with E-state index in [1.54, 1.807) is 14.2 Å². The van der Waals surface area contributed by atoms with E-state index < -0.39 is 0 Å². The highest BCUT2D eigenvalue weighted by Crippen LogP contribution is 2.21. The standard InChI is InChI=1S/C16H16O2/c1-17-15-10-8-14(9-11-15)16(18-2)12-13-6-4-3-5-7-13/h3-12H,1-2H3/b16-12-. The molecule has 0 N–H and O–H groups in total. The molecule has 0 bridgehead atoms. The van der Waals surface area contributed by atoms with Gasteiger partial charge in [-0.2, -0.15) is 0 Å². The maximum atomic E-state index is 5.43. The Balaban J connectivity index is 2.30. The summed E-state index contributed by atoms with van der Waals surface area (Å²) in [5.41, 5.74) is 2.15. The lowest BCUT2D eigenvalue weighted by molar-refractivity contribution is 0.372. The van der Waals surface area contributed by atoms with Crippen molar-refractivity contribution in [1.82, 2.24) is 0 Å². The summed E-state index contributed by atoms with van der Waals surface area (Å²) < 4.78 is 10.6. The smallest absolute Gasteiger partial charge is 0.126 e. The molecule has 18 heavy (non-hydrogen) atoms. The van der Waals surface area contributed by atoms with E-state index in [9.17, 15) is 0 Å². The molecule has 0 aromatic heterocycles. The van der Waals surface area contributed by atoms with Crippen LogP contribution in [-0.2, 0) is 4.74 Å². The molecular weight excluding hydrogens is 224 g/mol. The fourth-order valence-corrected chi connectivity index (χ4v) is 1.72. The van der Waals surface area contributed by atoms with E-state index in [2.05, 4.69) is 0 Å². The minimum Gasteiger partial charge on any atom is -0.497 e. The highest BCUT2D eigenvalue weighted by molar-refractivity contribution is 5.77. The van der Waals surface area contributed by atoms with Crippen LogP contribution < -0.4 is 4.74 Å². The Labute approximate surface area is 107 Å². The van der Waals surface area contributed by atoms with Gasteiger partial charge in [0.05, 0.1) is 14.2 Å². The van der Waals surface area contributed by atoms with Gasteiger partial charge in [0, 0.05) is 5.56 Å². The zero-order chi connectivity index (χ0) is 12.8. The summed E-state index contributed by atoms with van der Waals surface area (Å²) in [6, 6.07) is 17.9. The van der Waals surface area contributed by atoms with E-state index >= 15 is 0 Å². The van der Waals surface area contributed by atoms with Gasteiger partial charge in [-0.25, -0.2) is 0 Å². The molecular formula is C16H16O2. The van der Waals surface area contributed by atoms with E-state index in [0.717, 1.165) is 22.6 Å². The van der Waals surface area contributed by atoms with Crippen LogP contribution in [0.25, 0.3) is 11.8 Å². The zero-order valence-electron chi connectivity index (χ0n) is 10.6. The summed E-state index contributed by atoms with van der Waals surface area (Å²) in [6.45, 7) is 0. The summed E-state index contributed by atoms with van der Waals surface area (Å²) in [5.74, 6) is 1.68. The minimum atomic E-state index is 0.837. The average molecular weight is 240 g/mol. The van der Waals surface area contributed by atoms with Crippen LogP contribution in [0.15, 0.2) is 54.6 Å². The Morgan fingerprint density at radius 2 is 1.56 bits per heavy atom. The number of ether oxygens (including phenoxy) is 2. The third kappa shape index (κ3) is 2.92. The lowest BCUT2D eigenvalue weighted by Crippen LogP contribution is -1.88. The number of hydrogen-bond donors (Lipinski definition) is 0. The summed E-state index contributed by atoms with van der Waals surface area (Å²) >= 11 is 0. The van der Waals surface area contributed by atoms with Crippen LogP contribution in [0.3, 0.4) is 0 Å². The van der Waals surface area contributed by atoms with Gasteiger partial charge in [0.25, 0.3) is 0 Å². The van der Waals surface area contributed by atoms with Crippen LogP contribution in [-0.4, -0.2) is 14.2 Å². The maximum Gasteiger partial charge on any atom is 0.126 e. The predicted molar refractivity (Wildman–Crippen MR) is 74.3 cm³/mol. The molecule has 0 radical (unpaired) electrons. The molecule has 92 valence electrons. The Bertz CT molecular complexity index is 513. The van der Waals surface area contributed by atoms with Gasteiger partial charge in [0.15, 0.2) is 0 Å². The van der Waals surface area contributed by atoms with Crippen molar-refractivity contribution in [3.63, 3.8) is 0 Å². The number of benzene rings is 2. The van der Waals surface area contributed by atoms with Crippen molar-refractivity contribution in [1.29, 1.82) is 0 Å². The van der Waals surface area contributed by atoms with Crippen LogP contribution in [0.4, 0.5) is 0 Å². The number of methoxy groups -OCH3 is 2. The summed E-state index contributed by atoms with van der Waals surface area (Å²) in [7, 11) is 3.34. The molecule has 2 aromatic rings. The van der Waals surface area contributed by atoms with Crippen LogP contribution in [0, 0.1) is 0 Å². The monoisotopic (exact) mass is 240 g/mol. The molecule has 2 rings (SSSR count). The van der Waals surface area contributed by atoms with Gasteiger partial charge in [0.2, 0.25) is 0 Å². The molecule has 0 heterocycles. The molecule has 0 aliphatic heterocycles. The normalized spacial score (nSPS) is 11.1. The summed E-state index contributed by atoms with van der Waals surface area (Å²) in [6.07, 6.45) is 2.02. The van der Waals surface area contributed by atoms with Crippen LogP contribution in [0.5, 0.6) is 5.75 Å². The van der Waals surface area contributed by atoms with Crippen LogP contribution in [0.2, 0.25) is 0 Å². The molecule has 0 spiro atoms. The SMILES string of the molecule is CO/C(=C\c1ccccc1)c1ccc(OC)cc1. The van der Waals surface area contributed by atoms with E-state index in [1.165, 1.54) is 0 Å². The molecule has 0 saturated carbocycles. The second-order valence-corrected chi connectivity index (χ2v) is 3.85. The minimum absolute atomic E-state index is 0.837. The highest BCUT2D eigenvalue weighted by Gasteiger charge is 2.02. The van der Waals surface area contributed by atoms with Crippen molar-refractivity contribution >= 4 is 11.8 Å². The van der Waals surface area contributed by atoms with Crippen molar-refractivity contribution in [2.75, 3.05) is 14.2 Å². The Morgan fingerprint density at radius 3 is 2.11 bits per heavy atom. The zero-order valence-corrected chi connectivity index (χ0v) is 10.6. The van der Waals surface area contributed by atoms with Gasteiger partial charge >= 0.3 is 0 Å². The second-order valence-electron chi connectivity index (χ2n) is 3.85. The number of hydrogen-bond acceptors (Lipinski definition) is 2. The fraction of sp³-hybridized carbons (Fsp3) is 0.125. The van der Waals surface area contributed by atoms with E-state index in [1.807, 2.05) is 60.7 Å². The van der Waals surface area contributed by atoms with Crippen molar-refractivity contribution in [3.8, 4) is 5.75 Å².